The summed E-state index contributed by atoms with van der Waals surface area (Å²) in [4.78, 5) is 3.86. The van der Waals surface area contributed by atoms with E-state index >= 15 is 0 Å². The molecule has 196 valence electrons. The van der Waals surface area contributed by atoms with Gasteiger partial charge in [-0.15, -0.1) is 5.11 Å². The Kier molecular flexibility index (Phi) is 6.75. The fourth-order valence-corrected chi connectivity index (χ4v) is 6.82. The van der Waals surface area contributed by atoms with Crippen LogP contribution < -0.4 is 0 Å². The minimum Gasteiger partial charge on any atom is -0.262 e. The van der Waals surface area contributed by atoms with Crippen LogP contribution in [-0.4, -0.2) is 6.21 Å². The molecule has 2 aliphatic heterocycles. The van der Waals surface area contributed by atoms with Crippen LogP contribution in [0.15, 0.2) is 130 Å². The summed E-state index contributed by atoms with van der Waals surface area (Å²) in [5.74, 6) is 1.11. The standard InChI is InChI=1S/C31H27Cl.C5H3N3/c32-26-14-10-23(11-15-26)30-20-31-24(19-25(30)18-21-6-2-1-3-7-21)13-17-28-27-9-5-4-8-22(27)12-16-29(28)31;1-4-2-7-8-5(4)3-6-1/h1-11,13-15,17,25,30H,12,16,18-20H2;1-3H. The molecule has 4 aromatic rings. The molecule has 0 bridgehead atoms. The minimum absolute atomic E-state index is 0.517. The molecule has 4 aliphatic rings. The number of azo groups is 1. The lowest BCUT2D eigenvalue weighted by atomic mass is 9.68. The Morgan fingerprint density at radius 1 is 0.700 bits per heavy atom. The number of allylic oxidation sites excluding steroid dienone is 1. The SMILES string of the molecule is C1=NC=C2N=NC=C12.Clc1ccc(C2Cc3c(ccc4c3CCc3ccccc3-4)CC2Cc2ccccc2)cc1. The van der Waals surface area contributed by atoms with Gasteiger partial charge >= 0.3 is 0 Å². The molecule has 0 amide bonds. The molecule has 2 aliphatic carbocycles. The Labute approximate surface area is 240 Å². The van der Waals surface area contributed by atoms with Crippen LogP contribution in [0.5, 0.6) is 0 Å². The summed E-state index contributed by atoms with van der Waals surface area (Å²) in [6.07, 6.45) is 10.8. The van der Waals surface area contributed by atoms with E-state index in [-0.39, 0.29) is 0 Å². The first-order valence-electron chi connectivity index (χ1n) is 14.1. The van der Waals surface area contributed by atoms with Gasteiger partial charge in [0, 0.05) is 16.8 Å². The number of nitrogens with zero attached hydrogens (tertiary/aromatic N) is 3. The maximum atomic E-state index is 6.24. The Bertz CT molecular complexity index is 1650. The smallest absolute Gasteiger partial charge is 0.114 e. The van der Waals surface area contributed by atoms with Crippen LogP contribution >= 0.6 is 11.6 Å². The average Bonchev–Trinajstić information content (AvgIpc) is 3.64. The zero-order chi connectivity index (χ0) is 26.9. The molecule has 8 rings (SSSR count). The molecule has 0 saturated carbocycles. The molecule has 4 aromatic carbocycles. The highest BCUT2D eigenvalue weighted by Crippen LogP contribution is 2.44. The number of rotatable bonds is 3. The zero-order valence-electron chi connectivity index (χ0n) is 22.3. The zero-order valence-corrected chi connectivity index (χ0v) is 23.1. The number of halogens is 1. The second-order valence-electron chi connectivity index (χ2n) is 11.0. The number of hydrogen-bond donors (Lipinski definition) is 0. The lowest BCUT2D eigenvalue weighted by Crippen LogP contribution is -2.27. The van der Waals surface area contributed by atoms with Gasteiger partial charge in [0.1, 0.15) is 5.70 Å². The van der Waals surface area contributed by atoms with Gasteiger partial charge in [0.05, 0.1) is 12.4 Å². The van der Waals surface area contributed by atoms with Crippen molar-refractivity contribution in [1.29, 1.82) is 0 Å². The van der Waals surface area contributed by atoms with Gasteiger partial charge in [-0.05, 0) is 101 Å². The predicted molar refractivity (Wildman–Crippen MR) is 164 cm³/mol. The first-order valence-corrected chi connectivity index (χ1v) is 14.5. The molecule has 40 heavy (non-hydrogen) atoms. The Balaban J connectivity index is 0.000000282. The van der Waals surface area contributed by atoms with Crippen molar-refractivity contribution in [1.82, 2.24) is 0 Å². The molecule has 2 heterocycles. The van der Waals surface area contributed by atoms with Crippen molar-refractivity contribution < 1.29 is 0 Å². The maximum Gasteiger partial charge on any atom is 0.114 e. The molecule has 0 saturated heterocycles. The number of fused-ring (bicyclic) bond motifs is 6. The van der Waals surface area contributed by atoms with Crippen LogP contribution in [0.2, 0.25) is 5.02 Å². The lowest BCUT2D eigenvalue weighted by Gasteiger charge is -2.36. The normalized spacial score (nSPS) is 19.4. The highest BCUT2D eigenvalue weighted by atomic mass is 35.5. The molecule has 3 nitrogen and oxygen atoms in total. The summed E-state index contributed by atoms with van der Waals surface area (Å²) in [5, 5.41) is 8.26. The third-order valence-corrected chi connectivity index (χ3v) is 8.91. The Morgan fingerprint density at radius 3 is 2.38 bits per heavy atom. The number of benzene rings is 4. The quantitative estimate of drug-likeness (QED) is 0.249. The molecule has 2 atom stereocenters. The van der Waals surface area contributed by atoms with E-state index in [0.717, 1.165) is 48.4 Å². The summed E-state index contributed by atoms with van der Waals surface area (Å²) < 4.78 is 0. The summed E-state index contributed by atoms with van der Waals surface area (Å²) in [6.45, 7) is 0. The maximum absolute atomic E-state index is 6.24. The third-order valence-electron chi connectivity index (χ3n) is 8.66. The van der Waals surface area contributed by atoms with Crippen LogP contribution in [0.25, 0.3) is 11.1 Å². The van der Waals surface area contributed by atoms with Gasteiger partial charge in [-0.3, -0.25) is 4.99 Å². The summed E-state index contributed by atoms with van der Waals surface area (Å²) >= 11 is 6.24. The summed E-state index contributed by atoms with van der Waals surface area (Å²) in [6, 6.07) is 33.4. The van der Waals surface area contributed by atoms with E-state index in [0.29, 0.717) is 11.8 Å². The van der Waals surface area contributed by atoms with E-state index in [9.17, 15) is 0 Å². The van der Waals surface area contributed by atoms with Gasteiger partial charge in [0.2, 0.25) is 0 Å². The van der Waals surface area contributed by atoms with Gasteiger partial charge in [-0.25, -0.2) is 0 Å². The predicted octanol–water partition coefficient (Wildman–Crippen LogP) is 9.11. The average molecular weight is 540 g/mol. The van der Waals surface area contributed by atoms with Gasteiger partial charge in [0.15, 0.2) is 0 Å². The van der Waals surface area contributed by atoms with Crippen molar-refractivity contribution in [2.45, 2.75) is 38.0 Å². The van der Waals surface area contributed by atoms with Crippen molar-refractivity contribution in [3.8, 4) is 11.1 Å². The Hall–Kier alpha value is -4.08. The van der Waals surface area contributed by atoms with Crippen LogP contribution in [0, 0.1) is 5.92 Å². The van der Waals surface area contributed by atoms with Crippen LogP contribution in [0.1, 0.15) is 39.3 Å². The van der Waals surface area contributed by atoms with Gasteiger partial charge < -0.3 is 0 Å². The molecule has 0 fully saturated rings. The number of aliphatic imine (C=N–C) groups is 1. The Morgan fingerprint density at radius 2 is 1.52 bits per heavy atom. The molecule has 0 aromatic heterocycles. The van der Waals surface area contributed by atoms with Crippen molar-refractivity contribution >= 4 is 17.8 Å². The van der Waals surface area contributed by atoms with Gasteiger partial charge in [0.25, 0.3) is 0 Å². The summed E-state index contributed by atoms with van der Waals surface area (Å²) in [7, 11) is 0. The highest BCUT2D eigenvalue weighted by Gasteiger charge is 2.32. The molecule has 0 spiro atoms. The second-order valence-corrected chi connectivity index (χ2v) is 11.4. The molecular formula is C36H30ClN3. The first-order chi connectivity index (χ1) is 19.7. The highest BCUT2D eigenvalue weighted by molar-refractivity contribution is 6.30. The topological polar surface area (TPSA) is 37.1 Å². The van der Waals surface area contributed by atoms with E-state index in [1.807, 2.05) is 0 Å². The lowest BCUT2D eigenvalue weighted by molar-refractivity contribution is 0.390. The van der Waals surface area contributed by atoms with Crippen molar-refractivity contribution in [3.63, 3.8) is 0 Å². The molecule has 0 radical (unpaired) electrons. The van der Waals surface area contributed by atoms with Crippen molar-refractivity contribution in [2.75, 3.05) is 0 Å². The van der Waals surface area contributed by atoms with Crippen LogP contribution in [0.3, 0.4) is 0 Å². The van der Waals surface area contributed by atoms with E-state index in [1.165, 1.54) is 27.8 Å². The van der Waals surface area contributed by atoms with Gasteiger partial charge in [-0.2, -0.15) is 5.11 Å². The minimum atomic E-state index is 0.517. The molecular weight excluding hydrogens is 510 g/mol. The first kappa shape index (κ1) is 24.9. The number of hydrogen-bond acceptors (Lipinski definition) is 3. The monoisotopic (exact) mass is 539 g/mol. The second kappa shape index (κ2) is 10.8. The third kappa shape index (κ3) is 4.87. The van der Waals surface area contributed by atoms with E-state index in [1.54, 1.807) is 35.3 Å². The largest absolute Gasteiger partial charge is 0.262 e. The van der Waals surface area contributed by atoms with E-state index in [4.69, 9.17) is 11.6 Å². The van der Waals surface area contributed by atoms with Crippen LogP contribution in [-0.2, 0) is 32.1 Å². The molecule has 4 heteroatoms. The van der Waals surface area contributed by atoms with Gasteiger partial charge in [-0.1, -0.05) is 90.5 Å². The van der Waals surface area contributed by atoms with Crippen molar-refractivity contribution in [2.24, 2.45) is 21.1 Å². The van der Waals surface area contributed by atoms with Crippen LogP contribution in [0.4, 0.5) is 0 Å². The fraction of sp³-hybridized carbons (Fsp3) is 0.194. The molecule has 2 unspecified atom stereocenters. The fourth-order valence-electron chi connectivity index (χ4n) is 6.69. The molecule has 0 N–H and O–H groups in total. The van der Waals surface area contributed by atoms with Crippen molar-refractivity contribution in [3.05, 3.63) is 153 Å². The summed E-state index contributed by atoms with van der Waals surface area (Å²) in [5.41, 5.74) is 13.9. The number of aryl methyl sites for hydroxylation is 1. The van der Waals surface area contributed by atoms with E-state index < -0.39 is 0 Å². The van der Waals surface area contributed by atoms with E-state index in [2.05, 4.69) is 106 Å².